The zero-order valence-electron chi connectivity index (χ0n) is 15.2. The standard InChI is InChI=1S/C21H25N3O2/c1-14-7-8-19(15(2)9-14)20-6-4-3-5-16(20)12-23-24-18-10-17(21(25)26)11-22-13-18/h3-9,12,17-18,22,24H,10-11,13H2,1-2H3,(H,25,26)/b23-12+/t17-,18+/m1/s1. The normalized spacial score (nSPS) is 20.2. The molecule has 3 N–H and O–H groups in total. The van der Waals surface area contributed by atoms with E-state index in [0.29, 0.717) is 13.0 Å². The second-order valence-electron chi connectivity index (χ2n) is 6.92. The third-order valence-electron chi connectivity index (χ3n) is 4.79. The van der Waals surface area contributed by atoms with Gasteiger partial charge in [0.2, 0.25) is 0 Å². The third-order valence-corrected chi connectivity index (χ3v) is 4.79. The van der Waals surface area contributed by atoms with E-state index in [0.717, 1.165) is 17.7 Å². The predicted molar refractivity (Wildman–Crippen MR) is 104 cm³/mol. The number of carboxylic acid groups (broad SMARTS) is 1. The molecule has 3 rings (SSSR count). The van der Waals surface area contributed by atoms with Crippen molar-refractivity contribution in [2.75, 3.05) is 13.1 Å². The first kappa shape index (κ1) is 18.1. The molecular weight excluding hydrogens is 326 g/mol. The summed E-state index contributed by atoms with van der Waals surface area (Å²) >= 11 is 0. The molecule has 2 aromatic carbocycles. The SMILES string of the molecule is Cc1ccc(-c2ccccc2/C=N/N[C@@H]2CNC[C@H](C(=O)O)C2)c(C)c1. The number of nitrogens with one attached hydrogen (secondary N) is 2. The van der Waals surface area contributed by atoms with Crippen LogP contribution in [0, 0.1) is 19.8 Å². The highest BCUT2D eigenvalue weighted by atomic mass is 16.4. The average molecular weight is 351 g/mol. The number of carbonyl (C=O) groups is 1. The van der Waals surface area contributed by atoms with Crippen LogP contribution in [0.3, 0.4) is 0 Å². The molecular formula is C21H25N3O2. The summed E-state index contributed by atoms with van der Waals surface area (Å²) in [6.07, 6.45) is 2.40. The van der Waals surface area contributed by atoms with Crippen molar-refractivity contribution >= 4 is 12.2 Å². The summed E-state index contributed by atoms with van der Waals surface area (Å²) < 4.78 is 0. The van der Waals surface area contributed by atoms with Crippen molar-refractivity contribution in [1.82, 2.24) is 10.7 Å². The molecule has 0 saturated carbocycles. The van der Waals surface area contributed by atoms with Gasteiger partial charge in [-0.25, -0.2) is 0 Å². The van der Waals surface area contributed by atoms with Gasteiger partial charge in [-0.05, 0) is 37.0 Å². The van der Waals surface area contributed by atoms with Gasteiger partial charge in [-0.2, -0.15) is 5.10 Å². The molecule has 2 aromatic rings. The first-order valence-electron chi connectivity index (χ1n) is 8.93. The fourth-order valence-electron chi connectivity index (χ4n) is 3.41. The number of rotatable bonds is 5. The Morgan fingerprint density at radius 1 is 1.19 bits per heavy atom. The summed E-state index contributed by atoms with van der Waals surface area (Å²) in [4.78, 5) is 11.1. The molecule has 1 saturated heterocycles. The maximum absolute atomic E-state index is 11.1. The summed E-state index contributed by atoms with van der Waals surface area (Å²) in [5.41, 5.74) is 8.95. The molecule has 1 aliphatic rings. The topological polar surface area (TPSA) is 73.7 Å². The first-order valence-corrected chi connectivity index (χ1v) is 8.93. The number of hydrazone groups is 1. The Morgan fingerprint density at radius 2 is 2.00 bits per heavy atom. The van der Waals surface area contributed by atoms with E-state index in [1.54, 1.807) is 0 Å². The molecule has 0 radical (unpaired) electrons. The Bertz CT molecular complexity index is 817. The molecule has 1 heterocycles. The lowest BCUT2D eigenvalue weighted by atomic mass is 9.95. The predicted octanol–water partition coefficient (Wildman–Crippen LogP) is 2.96. The number of benzene rings is 2. The summed E-state index contributed by atoms with van der Waals surface area (Å²) in [6.45, 7) is 5.46. The van der Waals surface area contributed by atoms with Crippen LogP contribution >= 0.6 is 0 Å². The van der Waals surface area contributed by atoms with Crippen LogP contribution in [0.4, 0.5) is 0 Å². The van der Waals surface area contributed by atoms with Crippen molar-refractivity contribution in [2.24, 2.45) is 11.0 Å². The van der Waals surface area contributed by atoms with Crippen LogP contribution in [0.2, 0.25) is 0 Å². The zero-order valence-corrected chi connectivity index (χ0v) is 15.2. The van der Waals surface area contributed by atoms with Gasteiger partial charge in [-0.15, -0.1) is 0 Å². The molecule has 0 amide bonds. The van der Waals surface area contributed by atoms with E-state index >= 15 is 0 Å². The lowest BCUT2D eigenvalue weighted by molar-refractivity contribution is -0.142. The largest absolute Gasteiger partial charge is 0.481 e. The van der Waals surface area contributed by atoms with Crippen molar-refractivity contribution in [1.29, 1.82) is 0 Å². The van der Waals surface area contributed by atoms with Crippen molar-refractivity contribution in [2.45, 2.75) is 26.3 Å². The molecule has 0 bridgehead atoms. The second kappa shape index (κ2) is 8.15. The minimum Gasteiger partial charge on any atom is -0.481 e. The smallest absolute Gasteiger partial charge is 0.307 e. The maximum atomic E-state index is 11.1. The van der Waals surface area contributed by atoms with Crippen molar-refractivity contribution in [3.05, 3.63) is 59.2 Å². The third kappa shape index (κ3) is 4.29. The van der Waals surface area contributed by atoms with Crippen LogP contribution in [-0.4, -0.2) is 36.4 Å². The van der Waals surface area contributed by atoms with Gasteiger partial charge in [0.15, 0.2) is 0 Å². The summed E-state index contributed by atoms with van der Waals surface area (Å²) in [7, 11) is 0. The number of hydrogen-bond donors (Lipinski definition) is 3. The minimum absolute atomic E-state index is 0.0226. The molecule has 2 atom stereocenters. The van der Waals surface area contributed by atoms with Crippen LogP contribution in [0.15, 0.2) is 47.6 Å². The molecule has 0 aliphatic carbocycles. The molecule has 0 aromatic heterocycles. The molecule has 1 fully saturated rings. The number of nitrogens with zero attached hydrogens (tertiary/aromatic N) is 1. The van der Waals surface area contributed by atoms with Crippen LogP contribution in [-0.2, 0) is 4.79 Å². The zero-order chi connectivity index (χ0) is 18.5. The Balaban J connectivity index is 1.74. The highest BCUT2D eigenvalue weighted by Crippen LogP contribution is 2.26. The van der Waals surface area contributed by atoms with Crippen LogP contribution in [0.5, 0.6) is 0 Å². The van der Waals surface area contributed by atoms with Gasteiger partial charge in [-0.1, -0.05) is 48.0 Å². The summed E-state index contributed by atoms with van der Waals surface area (Å²) in [5.74, 6) is -1.12. The van der Waals surface area contributed by atoms with Crippen molar-refractivity contribution in [3.8, 4) is 11.1 Å². The van der Waals surface area contributed by atoms with E-state index in [1.165, 1.54) is 16.7 Å². The lowest BCUT2D eigenvalue weighted by Crippen LogP contribution is -2.47. The van der Waals surface area contributed by atoms with Crippen LogP contribution in [0.1, 0.15) is 23.1 Å². The molecule has 0 unspecified atom stereocenters. The lowest BCUT2D eigenvalue weighted by Gasteiger charge is -2.27. The Hall–Kier alpha value is -2.66. The fraction of sp³-hybridized carbons (Fsp3) is 0.333. The van der Waals surface area contributed by atoms with E-state index in [-0.39, 0.29) is 12.0 Å². The molecule has 26 heavy (non-hydrogen) atoms. The highest BCUT2D eigenvalue weighted by Gasteiger charge is 2.26. The monoisotopic (exact) mass is 351 g/mol. The Kier molecular flexibility index (Phi) is 5.68. The van der Waals surface area contributed by atoms with Gasteiger partial charge in [0.25, 0.3) is 0 Å². The Morgan fingerprint density at radius 3 is 2.77 bits per heavy atom. The number of carboxylic acids is 1. The van der Waals surface area contributed by atoms with Crippen molar-refractivity contribution < 1.29 is 9.90 Å². The quantitative estimate of drug-likeness (QED) is 0.572. The summed E-state index contributed by atoms with van der Waals surface area (Å²) in [6, 6.07) is 14.6. The number of aryl methyl sites for hydroxylation is 2. The van der Waals surface area contributed by atoms with E-state index in [4.69, 9.17) is 5.11 Å². The van der Waals surface area contributed by atoms with Gasteiger partial charge in [0.05, 0.1) is 18.2 Å². The van der Waals surface area contributed by atoms with Gasteiger partial charge in [0, 0.05) is 18.7 Å². The van der Waals surface area contributed by atoms with Gasteiger partial charge >= 0.3 is 5.97 Å². The molecule has 5 nitrogen and oxygen atoms in total. The van der Waals surface area contributed by atoms with Gasteiger partial charge in [0.1, 0.15) is 0 Å². The number of hydrogen-bond acceptors (Lipinski definition) is 4. The van der Waals surface area contributed by atoms with Gasteiger partial charge < -0.3 is 15.8 Å². The molecule has 136 valence electrons. The van der Waals surface area contributed by atoms with Crippen LogP contribution < -0.4 is 10.7 Å². The van der Waals surface area contributed by atoms with E-state index < -0.39 is 5.97 Å². The molecule has 1 aliphatic heterocycles. The molecule has 0 spiro atoms. The average Bonchev–Trinajstić information content (AvgIpc) is 2.63. The van der Waals surface area contributed by atoms with Gasteiger partial charge in [-0.3, -0.25) is 4.79 Å². The Labute approximate surface area is 154 Å². The van der Waals surface area contributed by atoms with Crippen LogP contribution in [0.25, 0.3) is 11.1 Å². The van der Waals surface area contributed by atoms with E-state index in [1.807, 2.05) is 24.4 Å². The minimum atomic E-state index is -0.756. The molecule has 5 heteroatoms. The van der Waals surface area contributed by atoms with Crippen molar-refractivity contribution in [3.63, 3.8) is 0 Å². The second-order valence-corrected chi connectivity index (χ2v) is 6.92. The highest BCUT2D eigenvalue weighted by molar-refractivity contribution is 5.91. The summed E-state index contributed by atoms with van der Waals surface area (Å²) in [5, 5.41) is 16.7. The number of aliphatic carboxylic acids is 1. The first-order chi connectivity index (χ1) is 12.5. The van der Waals surface area contributed by atoms with E-state index in [2.05, 4.69) is 54.0 Å². The number of piperidine rings is 1. The fourth-order valence-corrected chi connectivity index (χ4v) is 3.41. The van der Waals surface area contributed by atoms with E-state index in [9.17, 15) is 4.79 Å². The maximum Gasteiger partial charge on any atom is 0.307 e.